The second kappa shape index (κ2) is 5.84. The molecule has 0 fully saturated rings. The number of nitrogens with one attached hydrogen (secondary N) is 1. The zero-order valence-electron chi connectivity index (χ0n) is 11.4. The highest BCUT2D eigenvalue weighted by Crippen LogP contribution is 2.24. The van der Waals surface area contributed by atoms with Gasteiger partial charge in [0.05, 0.1) is 10.7 Å². The van der Waals surface area contributed by atoms with Crippen LogP contribution in [0.2, 0.25) is 5.02 Å². The van der Waals surface area contributed by atoms with Gasteiger partial charge in [-0.2, -0.15) is 0 Å². The lowest BCUT2D eigenvalue weighted by Crippen LogP contribution is -2.13. The molecule has 0 bridgehead atoms. The predicted molar refractivity (Wildman–Crippen MR) is 84.6 cm³/mol. The summed E-state index contributed by atoms with van der Waals surface area (Å²) < 4.78 is 0. The molecule has 0 unspecified atom stereocenters. The molecule has 20 heavy (non-hydrogen) atoms. The van der Waals surface area contributed by atoms with E-state index in [-0.39, 0.29) is 5.91 Å². The minimum absolute atomic E-state index is 0.207. The number of amides is 1. The Balaban J connectivity index is 2.15. The number of rotatable bonds is 3. The van der Waals surface area contributed by atoms with Crippen LogP contribution in [-0.4, -0.2) is 20.0 Å². The van der Waals surface area contributed by atoms with Crippen LogP contribution in [0.1, 0.15) is 10.4 Å². The molecule has 2 aromatic rings. The van der Waals surface area contributed by atoms with Crippen molar-refractivity contribution in [2.45, 2.75) is 0 Å². The molecule has 0 atom stereocenters. The highest BCUT2D eigenvalue weighted by Gasteiger charge is 2.09. The van der Waals surface area contributed by atoms with Gasteiger partial charge in [0, 0.05) is 31.0 Å². The molecule has 3 N–H and O–H groups in total. The van der Waals surface area contributed by atoms with Crippen LogP contribution in [0.4, 0.5) is 17.1 Å². The molecule has 0 radical (unpaired) electrons. The van der Waals surface area contributed by atoms with Crippen LogP contribution in [0.25, 0.3) is 0 Å². The number of benzene rings is 2. The molecule has 1 amide bonds. The molecular weight excluding hydrogens is 274 g/mol. The van der Waals surface area contributed by atoms with Crippen LogP contribution < -0.4 is 16.0 Å². The fourth-order valence-electron chi connectivity index (χ4n) is 1.74. The average Bonchev–Trinajstić information content (AvgIpc) is 2.42. The number of carbonyl (C=O) groups is 1. The third-order valence-corrected chi connectivity index (χ3v) is 3.20. The number of nitrogens with zero attached hydrogens (tertiary/aromatic N) is 1. The molecule has 0 aromatic heterocycles. The summed E-state index contributed by atoms with van der Waals surface area (Å²) >= 11 is 6.03. The van der Waals surface area contributed by atoms with Crippen molar-refractivity contribution in [2.75, 3.05) is 30.0 Å². The second-order valence-corrected chi connectivity index (χ2v) is 5.04. The van der Waals surface area contributed by atoms with Crippen LogP contribution in [0.5, 0.6) is 0 Å². The standard InChI is InChI=1S/C15H16ClN3O/c1-19(2)12-6-3-10(4-7-12)15(20)18-14-8-5-11(17)9-13(14)16/h3-9H,17H2,1-2H3,(H,18,20). The molecule has 0 aliphatic heterocycles. The number of hydrogen-bond acceptors (Lipinski definition) is 3. The second-order valence-electron chi connectivity index (χ2n) is 4.63. The summed E-state index contributed by atoms with van der Waals surface area (Å²) in [6.45, 7) is 0. The molecule has 104 valence electrons. The number of nitrogen functional groups attached to an aromatic ring is 1. The van der Waals surface area contributed by atoms with Crippen molar-refractivity contribution in [3.8, 4) is 0 Å². The fraction of sp³-hybridized carbons (Fsp3) is 0.133. The van der Waals surface area contributed by atoms with Gasteiger partial charge >= 0.3 is 0 Å². The van der Waals surface area contributed by atoms with Gasteiger partial charge in [0.25, 0.3) is 5.91 Å². The van der Waals surface area contributed by atoms with Crippen LogP contribution in [0.3, 0.4) is 0 Å². The lowest BCUT2D eigenvalue weighted by Gasteiger charge is -2.13. The number of anilines is 3. The minimum atomic E-state index is -0.207. The lowest BCUT2D eigenvalue weighted by molar-refractivity contribution is 0.102. The van der Waals surface area contributed by atoms with Crippen LogP contribution >= 0.6 is 11.6 Å². The van der Waals surface area contributed by atoms with Gasteiger partial charge in [-0.05, 0) is 42.5 Å². The largest absolute Gasteiger partial charge is 0.399 e. The molecule has 0 saturated heterocycles. The van der Waals surface area contributed by atoms with E-state index in [4.69, 9.17) is 17.3 Å². The van der Waals surface area contributed by atoms with Crippen LogP contribution in [0, 0.1) is 0 Å². The van der Waals surface area contributed by atoms with Crippen LogP contribution in [0.15, 0.2) is 42.5 Å². The number of nitrogens with two attached hydrogens (primary N) is 1. The first-order valence-corrected chi connectivity index (χ1v) is 6.49. The third-order valence-electron chi connectivity index (χ3n) is 2.89. The topological polar surface area (TPSA) is 58.4 Å². The van der Waals surface area contributed by atoms with E-state index in [0.717, 1.165) is 5.69 Å². The van der Waals surface area contributed by atoms with Crippen molar-refractivity contribution in [3.05, 3.63) is 53.1 Å². The normalized spacial score (nSPS) is 10.2. The molecule has 0 saturated carbocycles. The van der Waals surface area contributed by atoms with Gasteiger partial charge in [0.2, 0.25) is 0 Å². The first kappa shape index (κ1) is 14.2. The smallest absolute Gasteiger partial charge is 0.255 e. The van der Waals surface area contributed by atoms with Gasteiger partial charge in [0.1, 0.15) is 0 Å². The van der Waals surface area contributed by atoms with E-state index in [2.05, 4.69) is 5.32 Å². The first-order valence-electron chi connectivity index (χ1n) is 6.11. The molecule has 0 aliphatic rings. The van der Waals surface area contributed by atoms with Crippen LogP contribution in [-0.2, 0) is 0 Å². The minimum Gasteiger partial charge on any atom is -0.399 e. The Labute approximate surface area is 123 Å². The van der Waals surface area contributed by atoms with Gasteiger partial charge in [-0.25, -0.2) is 0 Å². The van der Waals surface area contributed by atoms with E-state index in [1.807, 2.05) is 31.1 Å². The Hall–Kier alpha value is -2.20. The van der Waals surface area contributed by atoms with Crippen molar-refractivity contribution in [2.24, 2.45) is 0 Å². The van der Waals surface area contributed by atoms with Gasteiger partial charge in [-0.15, -0.1) is 0 Å². The van der Waals surface area contributed by atoms with Gasteiger partial charge in [-0.3, -0.25) is 4.79 Å². The Kier molecular flexibility index (Phi) is 4.15. The lowest BCUT2D eigenvalue weighted by atomic mass is 10.2. The molecule has 2 rings (SSSR count). The van der Waals surface area contributed by atoms with Crippen molar-refractivity contribution in [1.29, 1.82) is 0 Å². The van der Waals surface area contributed by atoms with E-state index >= 15 is 0 Å². The third kappa shape index (κ3) is 3.22. The van der Waals surface area contributed by atoms with Crippen molar-refractivity contribution >= 4 is 34.6 Å². The summed E-state index contributed by atoms with van der Waals surface area (Å²) in [6, 6.07) is 12.3. The van der Waals surface area contributed by atoms with E-state index in [0.29, 0.717) is 22.0 Å². The zero-order chi connectivity index (χ0) is 14.7. The van der Waals surface area contributed by atoms with E-state index < -0.39 is 0 Å². The quantitative estimate of drug-likeness (QED) is 0.853. The average molecular weight is 290 g/mol. The van der Waals surface area contributed by atoms with Crippen molar-refractivity contribution < 1.29 is 4.79 Å². The molecule has 5 heteroatoms. The van der Waals surface area contributed by atoms with E-state index in [9.17, 15) is 4.79 Å². The number of halogens is 1. The van der Waals surface area contributed by atoms with E-state index in [1.54, 1.807) is 30.3 Å². The molecular formula is C15H16ClN3O. The van der Waals surface area contributed by atoms with Gasteiger partial charge in [-0.1, -0.05) is 11.6 Å². The summed E-state index contributed by atoms with van der Waals surface area (Å²) in [5.74, 6) is -0.207. The summed E-state index contributed by atoms with van der Waals surface area (Å²) in [5, 5.41) is 3.18. The van der Waals surface area contributed by atoms with E-state index in [1.165, 1.54) is 0 Å². The summed E-state index contributed by atoms with van der Waals surface area (Å²) in [7, 11) is 3.90. The molecule has 0 aliphatic carbocycles. The molecule has 0 heterocycles. The number of carbonyl (C=O) groups excluding carboxylic acids is 1. The maximum atomic E-state index is 12.1. The number of hydrogen-bond donors (Lipinski definition) is 2. The molecule has 4 nitrogen and oxygen atoms in total. The Morgan fingerprint density at radius 2 is 1.80 bits per heavy atom. The summed E-state index contributed by atoms with van der Waals surface area (Å²) in [6.07, 6.45) is 0. The zero-order valence-corrected chi connectivity index (χ0v) is 12.1. The monoisotopic (exact) mass is 289 g/mol. The summed E-state index contributed by atoms with van der Waals surface area (Å²) in [5.41, 5.74) is 8.32. The maximum Gasteiger partial charge on any atom is 0.255 e. The first-order chi connectivity index (χ1) is 9.47. The van der Waals surface area contributed by atoms with Crippen molar-refractivity contribution in [3.63, 3.8) is 0 Å². The Morgan fingerprint density at radius 3 is 2.35 bits per heavy atom. The van der Waals surface area contributed by atoms with Gasteiger partial charge in [0.15, 0.2) is 0 Å². The molecule has 2 aromatic carbocycles. The fourth-order valence-corrected chi connectivity index (χ4v) is 1.97. The van der Waals surface area contributed by atoms with Crippen molar-refractivity contribution in [1.82, 2.24) is 0 Å². The molecule has 0 spiro atoms. The Bertz CT molecular complexity index is 624. The van der Waals surface area contributed by atoms with Gasteiger partial charge < -0.3 is 16.0 Å². The highest BCUT2D eigenvalue weighted by atomic mass is 35.5. The highest BCUT2D eigenvalue weighted by molar-refractivity contribution is 6.34. The Morgan fingerprint density at radius 1 is 1.15 bits per heavy atom. The SMILES string of the molecule is CN(C)c1ccc(C(=O)Nc2ccc(N)cc2Cl)cc1. The predicted octanol–water partition coefficient (Wildman–Crippen LogP) is 3.24. The maximum absolute atomic E-state index is 12.1. The summed E-state index contributed by atoms with van der Waals surface area (Å²) in [4.78, 5) is 14.1.